The first kappa shape index (κ1) is 20.2. The summed E-state index contributed by atoms with van der Waals surface area (Å²) < 4.78 is 20.0. The Hall–Kier alpha value is -2.68. The molecule has 0 N–H and O–H groups in total. The van der Waals surface area contributed by atoms with Crippen molar-refractivity contribution < 1.29 is 13.9 Å². The Morgan fingerprint density at radius 1 is 1.16 bits per heavy atom. The standard InChI is InChI=1S/C23H20FN3O2S2/c24-16-9-7-15(8-10-16)22-25-17(14-30-22)12-21(28)27(13-18-4-3-11-29-18)23-26-19-5-1-2-6-20(19)31-23/h1-2,5-10,14,18H,3-4,11-13H2. The Balaban J connectivity index is 1.38. The van der Waals surface area contributed by atoms with Crippen LogP contribution in [0.15, 0.2) is 53.9 Å². The fourth-order valence-electron chi connectivity index (χ4n) is 3.62. The SMILES string of the molecule is O=C(Cc1csc(-c2ccc(F)cc2)n1)N(CC1CCCO1)c1nc2ccccc2s1. The van der Waals surface area contributed by atoms with Crippen LogP contribution >= 0.6 is 22.7 Å². The van der Waals surface area contributed by atoms with Crippen molar-refractivity contribution >= 4 is 43.9 Å². The van der Waals surface area contributed by atoms with Crippen LogP contribution in [0.25, 0.3) is 20.8 Å². The molecule has 1 atom stereocenters. The smallest absolute Gasteiger partial charge is 0.234 e. The number of thiazole rings is 2. The number of para-hydroxylation sites is 1. The van der Waals surface area contributed by atoms with Crippen molar-refractivity contribution in [2.45, 2.75) is 25.4 Å². The van der Waals surface area contributed by atoms with Crippen LogP contribution in [-0.4, -0.2) is 35.1 Å². The number of aromatic nitrogens is 2. The number of carbonyl (C=O) groups is 1. The number of halogens is 1. The fourth-order valence-corrected chi connectivity index (χ4v) is 5.44. The number of hydrogen-bond donors (Lipinski definition) is 0. The van der Waals surface area contributed by atoms with Crippen molar-refractivity contribution in [3.05, 3.63) is 65.4 Å². The number of benzene rings is 2. The van der Waals surface area contributed by atoms with Gasteiger partial charge >= 0.3 is 0 Å². The van der Waals surface area contributed by atoms with Gasteiger partial charge in [0.15, 0.2) is 5.13 Å². The van der Waals surface area contributed by atoms with Crippen LogP contribution in [0.4, 0.5) is 9.52 Å². The molecule has 5 rings (SSSR count). The zero-order valence-electron chi connectivity index (χ0n) is 16.7. The lowest BCUT2D eigenvalue weighted by atomic mass is 10.2. The van der Waals surface area contributed by atoms with Gasteiger partial charge in [-0.3, -0.25) is 9.69 Å². The topological polar surface area (TPSA) is 55.3 Å². The van der Waals surface area contributed by atoms with Crippen LogP contribution in [0, 0.1) is 5.82 Å². The Morgan fingerprint density at radius 3 is 2.77 bits per heavy atom. The Labute approximate surface area is 187 Å². The van der Waals surface area contributed by atoms with Crippen LogP contribution in [0.1, 0.15) is 18.5 Å². The summed E-state index contributed by atoms with van der Waals surface area (Å²) in [4.78, 5) is 24.4. The van der Waals surface area contributed by atoms with Gasteiger partial charge in [-0.05, 0) is 49.2 Å². The van der Waals surface area contributed by atoms with E-state index in [0.29, 0.717) is 17.4 Å². The average Bonchev–Trinajstić information content (AvgIpc) is 3.53. The van der Waals surface area contributed by atoms with Gasteiger partial charge in [0.25, 0.3) is 0 Å². The molecule has 8 heteroatoms. The number of hydrogen-bond acceptors (Lipinski definition) is 6. The second-order valence-corrected chi connectivity index (χ2v) is 9.30. The van der Waals surface area contributed by atoms with Gasteiger partial charge in [0.1, 0.15) is 10.8 Å². The molecule has 0 radical (unpaired) electrons. The second kappa shape index (κ2) is 8.82. The number of amides is 1. The van der Waals surface area contributed by atoms with Crippen LogP contribution in [-0.2, 0) is 16.0 Å². The molecule has 0 bridgehead atoms. The van der Waals surface area contributed by atoms with Gasteiger partial charge in [-0.2, -0.15) is 0 Å². The molecule has 1 saturated heterocycles. The zero-order valence-corrected chi connectivity index (χ0v) is 18.3. The van der Waals surface area contributed by atoms with Gasteiger partial charge in [-0.25, -0.2) is 14.4 Å². The van der Waals surface area contributed by atoms with E-state index in [1.165, 1.54) is 34.8 Å². The molecule has 31 heavy (non-hydrogen) atoms. The Bertz CT molecular complexity index is 1170. The first-order valence-electron chi connectivity index (χ1n) is 10.1. The molecule has 0 spiro atoms. The molecule has 2 aromatic carbocycles. The predicted molar refractivity (Wildman–Crippen MR) is 122 cm³/mol. The van der Waals surface area contributed by atoms with E-state index in [2.05, 4.69) is 4.98 Å². The highest BCUT2D eigenvalue weighted by atomic mass is 32.1. The maximum atomic E-state index is 13.3. The third-order valence-electron chi connectivity index (χ3n) is 5.20. The maximum absolute atomic E-state index is 13.3. The number of fused-ring (bicyclic) bond motifs is 1. The molecule has 5 nitrogen and oxygen atoms in total. The Kier molecular flexibility index (Phi) is 5.76. The van der Waals surface area contributed by atoms with E-state index >= 15 is 0 Å². The average molecular weight is 454 g/mol. The van der Waals surface area contributed by atoms with Crippen LogP contribution in [0.3, 0.4) is 0 Å². The Morgan fingerprint density at radius 2 is 2.00 bits per heavy atom. The second-order valence-electron chi connectivity index (χ2n) is 7.43. The normalized spacial score (nSPS) is 16.1. The van der Waals surface area contributed by atoms with Crippen LogP contribution < -0.4 is 4.90 Å². The largest absolute Gasteiger partial charge is 0.376 e. The summed E-state index contributed by atoms with van der Waals surface area (Å²) >= 11 is 2.97. The number of anilines is 1. The summed E-state index contributed by atoms with van der Waals surface area (Å²) in [5.74, 6) is -0.332. The lowest BCUT2D eigenvalue weighted by molar-refractivity contribution is -0.118. The number of rotatable bonds is 6. The number of carbonyl (C=O) groups excluding carboxylic acids is 1. The highest BCUT2D eigenvalue weighted by molar-refractivity contribution is 7.22. The lowest BCUT2D eigenvalue weighted by Gasteiger charge is -2.22. The molecule has 1 unspecified atom stereocenters. The molecule has 2 aromatic heterocycles. The third-order valence-corrected chi connectivity index (χ3v) is 7.20. The molecule has 1 amide bonds. The first-order chi connectivity index (χ1) is 15.2. The van der Waals surface area contributed by atoms with Crippen molar-refractivity contribution in [1.82, 2.24) is 9.97 Å². The summed E-state index contributed by atoms with van der Waals surface area (Å²) in [7, 11) is 0. The van der Waals surface area contributed by atoms with Gasteiger partial charge in [-0.1, -0.05) is 23.5 Å². The van der Waals surface area contributed by atoms with Gasteiger partial charge < -0.3 is 4.74 Å². The van der Waals surface area contributed by atoms with Crippen molar-refractivity contribution in [2.24, 2.45) is 0 Å². The summed E-state index contributed by atoms with van der Waals surface area (Å²) in [6.45, 7) is 1.23. The number of ether oxygens (including phenoxy) is 1. The molecular formula is C23H20FN3O2S2. The van der Waals surface area contributed by atoms with Crippen molar-refractivity contribution in [2.75, 3.05) is 18.1 Å². The summed E-state index contributed by atoms with van der Waals surface area (Å²) in [5, 5.41) is 3.35. The number of nitrogens with zero attached hydrogens (tertiary/aromatic N) is 3. The van der Waals surface area contributed by atoms with Gasteiger partial charge in [0.05, 0.1) is 35.0 Å². The van der Waals surface area contributed by atoms with E-state index in [1.807, 2.05) is 29.6 Å². The van der Waals surface area contributed by atoms with E-state index in [0.717, 1.165) is 40.2 Å². The summed E-state index contributed by atoms with van der Waals surface area (Å²) in [6.07, 6.45) is 2.17. The van der Waals surface area contributed by atoms with Crippen LogP contribution in [0.5, 0.6) is 0 Å². The molecular weight excluding hydrogens is 433 g/mol. The van der Waals surface area contributed by atoms with E-state index in [1.54, 1.807) is 17.0 Å². The fraction of sp³-hybridized carbons (Fsp3) is 0.261. The van der Waals surface area contributed by atoms with Crippen molar-refractivity contribution in [3.63, 3.8) is 0 Å². The molecule has 1 aliphatic rings. The molecule has 158 valence electrons. The molecule has 0 saturated carbocycles. The minimum atomic E-state index is -0.281. The van der Waals surface area contributed by atoms with E-state index in [4.69, 9.17) is 9.72 Å². The lowest BCUT2D eigenvalue weighted by Crippen LogP contribution is -2.38. The van der Waals surface area contributed by atoms with Crippen molar-refractivity contribution in [1.29, 1.82) is 0 Å². The molecule has 3 heterocycles. The van der Waals surface area contributed by atoms with E-state index in [9.17, 15) is 9.18 Å². The van der Waals surface area contributed by atoms with Crippen molar-refractivity contribution in [3.8, 4) is 10.6 Å². The quantitative estimate of drug-likeness (QED) is 0.397. The molecule has 1 aliphatic heterocycles. The van der Waals surface area contributed by atoms with Gasteiger partial charge in [0, 0.05) is 17.6 Å². The highest BCUT2D eigenvalue weighted by Gasteiger charge is 2.26. The van der Waals surface area contributed by atoms with E-state index in [-0.39, 0.29) is 24.2 Å². The van der Waals surface area contributed by atoms with Gasteiger partial charge in [-0.15, -0.1) is 11.3 Å². The molecule has 1 fully saturated rings. The molecule has 4 aromatic rings. The minimum Gasteiger partial charge on any atom is -0.376 e. The summed E-state index contributed by atoms with van der Waals surface area (Å²) in [5.41, 5.74) is 2.43. The predicted octanol–water partition coefficient (Wildman–Crippen LogP) is 5.31. The highest BCUT2D eigenvalue weighted by Crippen LogP contribution is 2.31. The van der Waals surface area contributed by atoms with Gasteiger partial charge in [0.2, 0.25) is 5.91 Å². The summed E-state index contributed by atoms with van der Waals surface area (Å²) in [6, 6.07) is 14.1. The van der Waals surface area contributed by atoms with Crippen LogP contribution in [0.2, 0.25) is 0 Å². The molecule has 0 aliphatic carbocycles. The monoisotopic (exact) mass is 453 g/mol. The third kappa shape index (κ3) is 4.51. The first-order valence-corrected chi connectivity index (χ1v) is 11.8. The zero-order chi connectivity index (χ0) is 21.2. The maximum Gasteiger partial charge on any atom is 0.234 e. The minimum absolute atomic E-state index is 0.0289. The van der Waals surface area contributed by atoms with E-state index < -0.39 is 0 Å².